The summed E-state index contributed by atoms with van der Waals surface area (Å²) in [5.74, 6) is -3.10. The number of esters is 1. The average Bonchev–Trinajstić information content (AvgIpc) is 3.41. The Morgan fingerprint density at radius 1 is 1.00 bits per heavy atom. The highest BCUT2D eigenvalue weighted by Gasteiger charge is 2.39. The molecule has 0 atom stereocenters. The number of alkyl halides is 6. The fraction of sp³-hybridized carbons (Fsp3) is 0.345. The van der Waals surface area contributed by atoms with E-state index in [2.05, 4.69) is 4.98 Å². The van der Waals surface area contributed by atoms with E-state index in [9.17, 15) is 35.9 Å². The molecule has 1 heterocycles. The van der Waals surface area contributed by atoms with E-state index in [1.807, 2.05) is 18.2 Å². The number of ether oxygens (including phenoxy) is 2. The van der Waals surface area contributed by atoms with Crippen molar-refractivity contribution in [3.05, 3.63) is 76.5 Å². The average molecular weight is 581 g/mol. The monoisotopic (exact) mass is 580 g/mol. The van der Waals surface area contributed by atoms with Crippen LogP contribution < -0.4 is 10.1 Å². The number of allylic oxidation sites excluding steroid dienone is 5. The third-order valence-corrected chi connectivity index (χ3v) is 6.52. The Morgan fingerprint density at radius 2 is 1.76 bits per heavy atom. The zero-order valence-corrected chi connectivity index (χ0v) is 21.9. The molecule has 218 valence electrons. The quantitative estimate of drug-likeness (QED) is 0.258. The lowest BCUT2D eigenvalue weighted by molar-refractivity contribution is -0.167. The first-order valence-electron chi connectivity index (χ1n) is 12.8. The van der Waals surface area contributed by atoms with Crippen molar-refractivity contribution in [1.29, 1.82) is 0 Å². The first-order valence-corrected chi connectivity index (χ1v) is 12.8. The molecule has 0 spiro atoms. The standard InChI is InChI=1S/C29H26F6N2O4/c1-2-40-26(38)19-11-18(12-21(13-19)37-27(39)29(33,34)35)22-9-6-10-23(22)24-14-20(28(30,31)32)15-36-25(24)41-16-17-7-4-3-5-8-17/h3-4,7,11-15H,2,5-6,8-10,16H2,1H3,(H,37,39). The molecule has 0 fully saturated rings. The number of pyridine rings is 1. The first kappa shape index (κ1) is 29.9. The van der Waals surface area contributed by atoms with Gasteiger partial charge in [-0.15, -0.1) is 0 Å². The molecule has 2 aliphatic carbocycles. The topological polar surface area (TPSA) is 77.5 Å². The number of carbonyl (C=O) groups excluding carboxylic acids is 2. The largest absolute Gasteiger partial charge is 0.473 e. The summed E-state index contributed by atoms with van der Waals surface area (Å²) >= 11 is 0. The van der Waals surface area contributed by atoms with Crippen LogP contribution in [0.3, 0.4) is 0 Å². The van der Waals surface area contributed by atoms with E-state index < -0.39 is 29.8 Å². The second-order valence-electron chi connectivity index (χ2n) is 9.44. The van der Waals surface area contributed by atoms with Crippen molar-refractivity contribution >= 4 is 28.7 Å². The predicted octanol–water partition coefficient (Wildman–Crippen LogP) is 7.53. The van der Waals surface area contributed by atoms with Gasteiger partial charge in [-0.05, 0) is 85.6 Å². The summed E-state index contributed by atoms with van der Waals surface area (Å²) in [6.45, 7) is 1.65. The van der Waals surface area contributed by atoms with Crippen molar-refractivity contribution in [2.24, 2.45) is 0 Å². The van der Waals surface area contributed by atoms with Gasteiger partial charge in [0, 0.05) is 17.4 Å². The zero-order valence-electron chi connectivity index (χ0n) is 21.9. The summed E-state index contributed by atoms with van der Waals surface area (Å²) < 4.78 is 90.7. The maximum atomic E-state index is 13.7. The zero-order chi connectivity index (χ0) is 29.8. The van der Waals surface area contributed by atoms with Gasteiger partial charge in [0.25, 0.3) is 0 Å². The molecule has 1 aromatic carbocycles. The van der Waals surface area contributed by atoms with Crippen LogP contribution in [-0.4, -0.2) is 36.3 Å². The van der Waals surface area contributed by atoms with Gasteiger partial charge in [0.2, 0.25) is 5.88 Å². The number of halogens is 6. The lowest BCUT2D eigenvalue weighted by Crippen LogP contribution is -2.30. The van der Waals surface area contributed by atoms with Gasteiger partial charge in [-0.2, -0.15) is 26.3 Å². The van der Waals surface area contributed by atoms with Crippen molar-refractivity contribution in [2.45, 2.75) is 51.4 Å². The third kappa shape index (κ3) is 7.36. The number of aromatic nitrogens is 1. The molecule has 6 nitrogen and oxygen atoms in total. The van der Waals surface area contributed by atoms with Gasteiger partial charge < -0.3 is 14.8 Å². The fourth-order valence-corrected chi connectivity index (χ4v) is 4.64. The number of benzene rings is 1. The number of nitrogens with one attached hydrogen (secondary N) is 1. The highest BCUT2D eigenvalue weighted by atomic mass is 19.4. The lowest BCUT2D eigenvalue weighted by atomic mass is 9.95. The lowest BCUT2D eigenvalue weighted by Gasteiger charge is -2.18. The number of anilines is 1. The number of hydrogen-bond donors (Lipinski definition) is 1. The smallest absolute Gasteiger partial charge is 0.471 e. The fourth-order valence-electron chi connectivity index (χ4n) is 4.64. The molecule has 2 aromatic rings. The maximum Gasteiger partial charge on any atom is 0.471 e. The number of carbonyl (C=O) groups is 2. The number of rotatable bonds is 8. The highest BCUT2D eigenvalue weighted by molar-refractivity contribution is 6.00. The summed E-state index contributed by atoms with van der Waals surface area (Å²) in [6, 6.07) is 4.61. The molecule has 0 unspecified atom stereocenters. The van der Waals surface area contributed by atoms with Gasteiger partial charge in [-0.3, -0.25) is 4.79 Å². The van der Waals surface area contributed by atoms with Crippen LogP contribution in [0.2, 0.25) is 0 Å². The summed E-state index contributed by atoms with van der Waals surface area (Å²) in [4.78, 5) is 28.1. The van der Waals surface area contributed by atoms with Gasteiger partial charge in [-0.1, -0.05) is 18.2 Å². The van der Waals surface area contributed by atoms with E-state index in [-0.39, 0.29) is 41.5 Å². The maximum absolute atomic E-state index is 13.7. The van der Waals surface area contributed by atoms with E-state index in [0.29, 0.717) is 36.6 Å². The van der Waals surface area contributed by atoms with Gasteiger partial charge in [0.05, 0.1) is 17.7 Å². The number of amides is 1. The summed E-state index contributed by atoms with van der Waals surface area (Å²) in [5, 5.41) is 1.74. The second kappa shape index (κ2) is 12.2. The Hall–Kier alpha value is -4.09. The molecular weight excluding hydrogens is 554 g/mol. The van der Waals surface area contributed by atoms with Crippen LogP contribution in [0, 0.1) is 0 Å². The molecule has 0 saturated heterocycles. The molecule has 0 aliphatic heterocycles. The minimum Gasteiger partial charge on any atom is -0.473 e. The highest BCUT2D eigenvalue weighted by Crippen LogP contribution is 2.44. The van der Waals surface area contributed by atoms with E-state index in [1.165, 1.54) is 12.1 Å². The Labute approximate surface area is 231 Å². The van der Waals surface area contributed by atoms with Crippen molar-refractivity contribution in [1.82, 2.24) is 4.98 Å². The molecule has 0 saturated carbocycles. The normalized spacial score (nSPS) is 15.5. The molecular formula is C29H26F6N2O4. The molecule has 1 N–H and O–H groups in total. The van der Waals surface area contributed by atoms with Crippen LogP contribution in [0.1, 0.15) is 66.1 Å². The van der Waals surface area contributed by atoms with Crippen LogP contribution >= 0.6 is 0 Å². The Morgan fingerprint density at radius 3 is 2.41 bits per heavy atom. The van der Waals surface area contributed by atoms with Gasteiger partial charge in [0.1, 0.15) is 6.61 Å². The number of hydrogen-bond acceptors (Lipinski definition) is 5. The van der Waals surface area contributed by atoms with Crippen LogP contribution in [0.15, 0.2) is 54.3 Å². The Kier molecular flexibility index (Phi) is 8.89. The van der Waals surface area contributed by atoms with E-state index >= 15 is 0 Å². The van der Waals surface area contributed by atoms with Crippen molar-refractivity contribution in [3.63, 3.8) is 0 Å². The third-order valence-electron chi connectivity index (χ3n) is 6.52. The predicted molar refractivity (Wildman–Crippen MR) is 139 cm³/mol. The molecule has 1 aromatic heterocycles. The van der Waals surface area contributed by atoms with Gasteiger partial charge in [-0.25, -0.2) is 9.78 Å². The van der Waals surface area contributed by atoms with Crippen molar-refractivity contribution < 1.29 is 45.4 Å². The summed E-state index contributed by atoms with van der Waals surface area (Å²) in [7, 11) is 0. The van der Waals surface area contributed by atoms with Crippen LogP contribution in [0.5, 0.6) is 5.88 Å². The molecule has 0 radical (unpaired) electrons. The molecule has 41 heavy (non-hydrogen) atoms. The van der Waals surface area contributed by atoms with Crippen LogP contribution in [0.4, 0.5) is 32.0 Å². The van der Waals surface area contributed by atoms with Gasteiger partial charge in [0.15, 0.2) is 0 Å². The Bertz CT molecular complexity index is 1420. The van der Waals surface area contributed by atoms with E-state index in [0.717, 1.165) is 30.5 Å². The summed E-state index contributed by atoms with van der Waals surface area (Å²) in [6.07, 6.45) is -0.732. The molecule has 2 aliphatic rings. The molecule has 0 bridgehead atoms. The Balaban J connectivity index is 1.82. The second-order valence-corrected chi connectivity index (χ2v) is 9.44. The molecule has 12 heteroatoms. The van der Waals surface area contributed by atoms with Gasteiger partial charge >= 0.3 is 24.2 Å². The first-order chi connectivity index (χ1) is 19.4. The summed E-state index contributed by atoms with van der Waals surface area (Å²) in [5.41, 5.74) is 0.796. The minimum atomic E-state index is -5.18. The molecule has 1 amide bonds. The van der Waals surface area contributed by atoms with Crippen LogP contribution in [-0.2, 0) is 15.7 Å². The van der Waals surface area contributed by atoms with Crippen molar-refractivity contribution in [2.75, 3.05) is 18.5 Å². The van der Waals surface area contributed by atoms with Crippen LogP contribution in [0.25, 0.3) is 11.1 Å². The van der Waals surface area contributed by atoms with Crippen molar-refractivity contribution in [3.8, 4) is 5.88 Å². The van der Waals surface area contributed by atoms with E-state index in [1.54, 1.807) is 12.2 Å². The number of nitrogens with zero attached hydrogens (tertiary/aromatic N) is 1. The minimum absolute atomic E-state index is 0.00984. The van der Waals surface area contributed by atoms with E-state index in [4.69, 9.17) is 9.47 Å². The molecule has 4 rings (SSSR count). The SMILES string of the molecule is CCOC(=O)c1cc(NC(=O)C(F)(F)F)cc(C2=C(c3cc(C(F)(F)F)cnc3OCC3=CC=CCC3)CCC2)c1.